The Kier molecular flexibility index (Phi) is 4.58. The molecule has 0 fully saturated rings. The Morgan fingerprint density at radius 3 is 2.17 bits per heavy atom. The van der Waals surface area contributed by atoms with Crippen LogP contribution in [-0.2, 0) is 12.8 Å². The van der Waals surface area contributed by atoms with Crippen LogP contribution in [-0.4, -0.2) is 0 Å². The summed E-state index contributed by atoms with van der Waals surface area (Å²) >= 11 is 0. The first-order valence-electron chi connectivity index (χ1n) is 7.02. The highest BCUT2D eigenvalue weighted by atomic mass is 14.1. The highest BCUT2D eigenvalue weighted by Gasteiger charge is 2.05. The van der Waals surface area contributed by atoms with Gasteiger partial charge < -0.3 is 0 Å². The van der Waals surface area contributed by atoms with E-state index in [0.717, 1.165) is 0 Å². The Morgan fingerprint density at radius 2 is 1.50 bits per heavy atom. The van der Waals surface area contributed by atoms with E-state index in [9.17, 15) is 0 Å². The van der Waals surface area contributed by atoms with Gasteiger partial charge in [-0.2, -0.15) is 0 Å². The predicted molar refractivity (Wildman–Crippen MR) is 79.9 cm³/mol. The Hall–Kier alpha value is -1.56. The van der Waals surface area contributed by atoms with E-state index in [4.69, 9.17) is 0 Å². The fourth-order valence-corrected chi connectivity index (χ4v) is 2.47. The van der Waals surface area contributed by atoms with Crippen molar-refractivity contribution in [3.05, 3.63) is 59.7 Å². The minimum Gasteiger partial charge on any atom is -0.0651 e. The molecule has 0 amide bonds. The lowest BCUT2D eigenvalue weighted by atomic mass is 9.94. The zero-order valence-corrected chi connectivity index (χ0v) is 11.4. The minimum absolute atomic E-state index is 1.17. The minimum atomic E-state index is 1.17. The van der Waals surface area contributed by atoms with Crippen LogP contribution in [0.25, 0.3) is 11.1 Å². The van der Waals surface area contributed by atoms with Crippen LogP contribution in [0, 0.1) is 0 Å². The lowest BCUT2D eigenvalue weighted by molar-refractivity contribution is 0.897. The monoisotopic (exact) mass is 238 g/mol. The maximum absolute atomic E-state index is 2.40. The first-order chi connectivity index (χ1) is 8.85. The summed E-state index contributed by atoms with van der Waals surface area (Å²) in [7, 11) is 0. The van der Waals surface area contributed by atoms with E-state index in [0.29, 0.717) is 0 Å². The Morgan fingerprint density at radius 1 is 0.778 bits per heavy atom. The van der Waals surface area contributed by atoms with Crippen molar-refractivity contribution in [2.75, 3.05) is 0 Å². The van der Waals surface area contributed by atoms with Crippen molar-refractivity contribution in [3.8, 4) is 11.1 Å². The van der Waals surface area contributed by atoms with E-state index in [1.807, 2.05) is 0 Å². The number of rotatable bonds is 5. The summed E-state index contributed by atoms with van der Waals surface area (Å²) in [6.45, 7) is 4.49. The molecule has 2 aromatic rings. The summed E-state index contributed by atoms with van der Waals surface area (Å²) in [5, 5.41) is 0. The van der Waals surface area contributed by atoms with Gasteiger partial charge in [0.05, 0.1) is 0 Å². The topological polar surface area (TPSA) is 0 Å². The lowest BCUT2D eigenvalue weighted by Crippen LogP contribution is -1.93. The van der Waals surface area contributed by atoms with Gasteiger partial charge in [-0.3, -0.25) is 0 Å². The van der Waals surface area contributed by atoms with Crippen LogP contribution in [0.1, 0.15) is 37.8 Å². The number of hydrogen-bond acceptors (Lipinski definition) is 0. The molecule has 0 radical (unpaired) electrons. The van der Waals surface area contributed by atoms with E-state index in [-0.39, 0.29) is 0 Å². The molecule has 0 spiro atoms. The molecule has 0 nitrogen and oxygen atoms in total. The molecule has 2 aromatic carbocycles. The van der Waals surface area contributed by atoms with Crippen LogP contribution in [0.5, 0.6) is 0 Å². The van der Waals surface area contributed by atoms with Crippen molar-refractivity contribution >= 4 is 0 Å². The molecule has 0 unspecified atom stereocenters. The molecule has 18 heavy (non-hydrogen) atoms. The average Bonchev–Trinajstić information content (AvgIpc) is 2.41. The summed E-state index contributed by atoms with van der Waals surface area (Å²) in [6.07, 6.45) is 4.78. The molecule has 0 bridgehead atoms. The first-order valence-corrected chi connectivity index (χ1v) is 7.02. The van der Waals surface area contributed by atoms with Gasteiger partial charge in [-0.25, -0.2) is 0 Å². The predicted octanol–water partition coefficient (Wildman–Crippen LogP) is 5.26. The normalized spacial score (nSPS) is 10.6. The summed E-state index contributed by atoms with van der Waals surface area (Å²) in [6, 6.07) is 17.7. The summed E-state index contributed by atoms with van der Waals surface area (Å²) in [5.74, 6) is 0. The molecule has 0 aliphatic heterocycles. The zero-order chi connectivity index (χ0) is 12.8. The van der Waals surface area contributed by atoms with E-state index < -0.39 is 0 Å². The van der Waals surface area contributed by atoms with E-state index in [2.05, 4.69) is 62.4 Å². The fraction of sp³-hybridized carbons (Fsp3) is 0.333. The van der Waals surface area contributed by atoms with Crippen molar-refractivity contribution < 1.29 is 0 Å². The van der Waals surface area contributed by atoms with Crippen molar-refractivity contribution in [2.24, 2.45) is 0 Å². The molecular weight excluding hydrogens is 216 g/mol. The third-order valence-corrected chi connectivity index (χ3v) is 3.31. The largest absolute Gasteiger partial charge is 0.0651 e. The smallest absolute Gasteiger partial charge is 0.0152 e. The standard InChI is InChI=1S/C18H22/c1-3-8-15-12-13-18(17(14-15)9-4-2)16-10-6-5-7-11-16/h5-7,10-14H,3-4,8-9H2,1-2H3. The average molecular weight is 238 g/mol. The van der Waals surface area contributed by atoms with Gasteiger partial charge >= 0.3 is 0 Å². The van der Waals surface area contributed by atoms with Crippen molar-refractivity contribution in [3.63, 3.8) is 0 Å². The molecular formula is C18H22. The van der Waals surface area contributed by atoms with Crippen LogP contribution in [0.4, 0.5) is 0 Å². The molecule has 0 aliphatic rings. The molecule has 94 valence electrons. The molecule has 0 saturated carbocycles. The Bertz CT molecular complexity index is 483. The summed E-state index contributed by atoms with van der Waals surface area (Å²) in [4.78, 5) is 0. The van der Waals surface area contributed by atoms with Crippen LogP contribution in [0.2, 0.25) is 0 Å². The molecule has 0 N–H and O–H groups in total. The lowest BCUT2D eigenvalue weighted by Gasteiger charge is -2.11. The number of hydrogen-bond donors (Lipinski definition) is 0. The highest BCUT2D eigenvalue weighted by molar-refractivity contribution is 5.67. The molecule has 0 atom stereocenters. The number of aryl methyl sites for hydroxylation is 2. The van der Waals surface area contributed by atoms with Crippen molar-refractivity contribution in [2.45, 2.75) is 39.5 Å². The molecule has 0 heterocycles. The zero-order valence-electron chi connectivity index (χ0n) is 11.4. The van der Waals surface area contributed by atoms with Gasteiger partial charge in [-0.05, 0) is 35.1 Å². The van der Waals surface area contributed by atoms with Crippen molar-refractivity contribution in [1.82, 2.24) is 0 Å². The van der Waals surface area contributed by atoms with Gasteiger partial charge in [0, 0.05) is 0 Å². The van der Waals surface area contributed by atoms with Gasteiger partial charge in [-0.1, -0.05) is 75.2 Å². The number of benzene rings is 2. The fourth-order valence-electron chi connectivity index (χ4n) is 2.47. The van der Waals surface area contributed by atoms with E-state index in [1.54, 1.807) is 0 Å². The quantitative estimate of drug-likeness (QED) is 0.666. The van der Waals surface area contributed by atoms with Gasteiger partial charge in [0.2, 0.25) is 0 Å². The first kappa shape index (κ1) is 12.9. The molecule has 0 saturated heterocycles. The van der Waals surface area contributed by atoms with Gasteiger partial charge in [0.25, 0.3) is 0 Å². The Balaban J connectivity index is 2.40. The molecule has 0 aliphatic carbocycles. The van der Waals surface area contributed by atoms with Crippen molar-refractivity contribution in [1.29, 1.82) is 0 Å². The second kappa shape index (κ2) is 6.39. The van der Waals surface area contributed by atoms with Crippen LogP contribution in [0.3, 0.4) is 0 Å². The second-order valence-electron chi connectivity index (χ2n) is 4.86. The van der Waals surface area contributed by atoms with Gasteiger partial charge in [0.15, 0.2) is 0 Å². The Labute approximate surface area is 111 Å². The third kappa shape index (κ3) is 3.01. The van der Waals surface area contributed by atoms with Crippen LogP contribution < -0.4 is 0 Å². The van der Waals surface area contributed by atoms with Gasteiger partial charge in [-0.15, -0.1) is 0 Å². The maximum Gasteiger partial charge on any atom is -0.0152 e. The molecule has 0 heteroatoms. The van der Waals surface area contributed by atoms with Crippen LogP contribution >= 0.6 is 0 Å². The molecule has 2 rings (SSSR count). The van der Waals surface area contributed by atoms with Gasteiger partial charge in [0.1, 0.15) is 0 Å². The van der Waals surface area contributed by atoms with E-state index in [1.165, 1.54) is 47.9 Å². The van der Waals surface area contributed by atoms with Crippen LogP contribution in [0.15, 0.2) is 48.5 Å². The SMILES string of the molecule is CCCc1ccc(-c2ccccc2)c(CCC)c1. The van der Waals surface area contributed by atoms with E-state index >= 15 is 0 Å². The summed E-state index contributed by atoms with van der Waals surface area (Å²) in [5.41, 5.74) is 5.71. The second-order valence-corrected chi connectivity index (χ2v) is 4.86. The highest BCUT2D eigenvalue weighted by Crippen LogP contribution is 2.26. The third-order valence-electron chi connectivity index (χ3n) is 3.31. The molecule has 0 aromatic heterocycles. The maximum atomic E-state index is 2.40. The summed E-state index contributed by atoms with van der Waals surface area (Å²) < 4.78 is 0.